The van der Waals surface area contributed by atoms with Crippen LogP contribution in [0.4, 0.5) is 0 Å². The number of nitrogens with one attached hydrogen (secondary N) is 4. The van der Waals surface area contributed by atoms with Gasteiger partial charge < -0.3 is 34.0 Å². The van der Waals surface area contributed by atoms with Crippen molar-refractivity contribution in [1.82, 2.24) is 13.2 Å². The van der Waals surface area contributed by atoms with Crippen LogP contribution < -0.4 is 47.2 Å². The Morgan fingerprint density at radius 2 is 0.750 bits per heavy atom. The molecule has 0 unspecified atom stereocenters. The summed E-state index contributed by atoms with van der Waals surface area (Å²) < 4.78 is 9.68. The number of rotatable bonds is 8. The van der Waals surface area contributed by atoms with Crippen molar-refractivity contribution in [3.8, 4) is 0 Å². The van der Waals surface area contributed by atoms with Gasteiger partial charge in [0.2, 0.25) is 0 Å². The van der Waals surface area contributed by atoms with Gasteiger partial charge in [-0.05, 0) is 0 Å². The van der Waals surface area contributed by atoms with Crippen LogP contribution >= 0.6 is 0 Å². The van der Waals surface area contributed by atoms with Crippen LogP contribution in [0.2, 0.25) is 0 Å². The minimum atomic E-state index is -1.24. The van der Waals surface area contributed by atoms with Crippen molar-refractivity contribution in [2.75, 3.05) is 0 Å². The van der Waals surface area contributed by atoms with Crippen molar-refractivity contribution in [1.29, 1.82) is 0 Å². The van der Waals surface area contributed by atoms with E-state index < -0.39 is 47.0 Å². The van der Waals surface area contributed by atoms with E-state index in [1.807, 2.05) is 0 Å². The van der Waals surface area contributed by atoms with Crippen LogP contribution in [-0.4, -0.2) is 25.6 Å². The van der Waals surface area contributed by atoms with Crippen LogP contribution in [0, 0.1) is 0 Å². The zero-order chi connectivity index (χ0) is 11.1. The van der Waals surface area contributed by atoms with Crippen molar-refractivity contribution in [2.45, 2.75) is 0 Å². The largest absolute Gasteiger partial charge is 1.00 e. The van der Waals surface area contributed by atoms with E-state index in [-0.39, 0.29) is 34.0 Å². The molecule has 16 heavy (non-hydrogen) atoms. The Morgan fingerprint density at radius 1 is 0.562 bits per heavy atom. The second-order valence-electron chi connectivity index (χ2n) is 1.30. The molecule has 0 aliphatic heterocycles. The Hall–Kier alpha value is 0.580. The predicted octanol–water partition coefficient (Wildman–Crippen LogP) is -9.21. The van der Waals surface area contributed by atoms with E-state index in [4.69, 9.17) is 0 Å². The third-order valence-electron chi connectivity index (χ3n) is 0.524. The molecule has 0 spiro atoms. The third kappa shape index (κ3) is 36.5. The molecule has 0 aliphatic carbocycles. The maximum atomic E-state index is 9.46. The van der Waals surface area contributed by atoms with Gasteiger partial charge in [0.25, 0.3) is 0 Å². The van der Waals surface area contributed by atoms with E-state index in [0.29, 0.717) is 25.6 Å². The Labute approximate surface area is 137 Å². The van der Waals surface area contributed by atoms with Gasteiger partial charge in [-0.15, -0.1) is 0 Å². The van der Waals surface area contributed by atoms with E-state index in [1.54, 1.807) is 0 Å². The van der Waals surface area contributed by atoms with Gasteiger partial charge in [0.1, 0.15) is 0 Å². The molecular weight excluding hydrogens is 685 g/mol. The SMILES string of the molecule is O=C[NH][Hf+][NH]C=O.O=C[NH][Hf+][NH]C=O.[Br-].[Br-]. The van der Waals surface area contributed by atoms with Gasteiger partial charge in [-0.1, -0.05) is 0 Å². The zero-order valence-corrected chi connectivity index (χ0v) is 18.1. The van der Waals surface area contributed by atoms with Crippen LogP contribution in [0.25, 0.3) is 0 Å². The van der Waals surface area contributed by atoms with Gasteiger partial charge in [-0.3, -0.25) is 0 Å². The standard InChI is InChI=1S/4CH3NO.2BrH.2Hf/c4*2-1-3;;;;/h4*1H,(H2,2,3);2*1H;;/q;;;;;;2*+3/p-6. The normalized spacial score (nSPS) is 5.00. The van der Waals surface area contributed by atoms with Crippen molar-refractivity contribution in [3.05, 3.63) is 0 Å². The molecule has 0 bridgehead atoms. The summed E-state index contributed by atoms with van der Waals surface area (Å²) in [6, 6.07) is 0. The first-order chi connectivity index (χ1) is 6.83. The zero-order valence-electron chi connectivity index (χ0n) is 7.70. The van der Waals surface area contributed by atoms with Gasteiger partial charge in [0, 0.05) is 0 Å². The topological polar surface area (TPSA) is 116 Å². The van der Waals surface area contributed by atoms with E-state index in [1.165, 1.54) is 0 Å². The molecule has 0 saturated heterocycles. The summed E-state index contributed by atoms with van der Waals surface area (Å²) in [6.45, 7) is 0. The van der Waals surface area contributed by atoms with Gasteiger partial charge in [-0.2, -0.15) is 0 Å². The van der Waals surface area contributed by atoms with Crippen LogP contribution in [-0.2, 0) is 66.1 Å². The Kier molecular flexibility index (Phi) is 47.0. The molecule has 90 valence electrons. The minimum absolute atomic E-state index is 0. The first-order valence-corrected chi connectivity index (χ1v) is 10.3. The number of hydrogen-bond acceptors (Lipinski definition) is 4. The van der Waals surface area contributed by atoms with Gasteiger partial charge >= 0.3 is 105 Å². The average molecular weight is 693 g/mol. The minimum Gasteiger partial charge on any atom is -1.00 e. The summed E-state index contributed by atoms with van der Waals surface area (Å²) in [5, 5.41) is 0. The maximum absolute atomic E-state index is 9.46. The quantitative estimate of drug-likeness (QED) is 0.115. The maximum Gasteiger partial charge on any atom is -1.00 e. The van der Waals surface area contributed by atoms with E-state index in [9.17, 15) is 19.2 Å². The molecule has 4 amide bonds. The van der Waals surface area contributed by atoms with Crippen molar-refractivity contribution >= 4 is 25.6 Å². The number of amides is 4. The van der Waals surface area contributed by atoms with Crippen LogP contribution in [0.15, 0.2) is 0 Å². The van der Waals surface area contributed by atoms with E-state index in [2.05, 4.69) is 13.2 Å². The fraction of sp³-hybridized carbons (Fsp3) is 0. The Balaban J connectivity index is -0.0000000800. The molecular formula is C4H8Br2Hf2N4O4. The molecule has 0 radical (unpaired) electrons. The molecule has 0 saturated carbocycles. The molecule has 0 rings (SSSR count). The predicted molar refractivity (Wildman–Crippen MR) is 36.8 cm³/mol. The van der Waals surface area contributed by atoms with Gasteiger partial charge in [0.15, 0.2) is 0 Å². The monoisotopic (exact) mass is 694 g/mol. The first-order valence-electron chi connectivity index (χ1n) is 3.10. The average Bonchev–Trinajstić information content (AvgIpc) is 2.21. The smallest absolute Gasteiger partial charge is 1.00 e. The molecule has 0 aromatic heterocycles. The number of hydrogen-bond donors (Lipinski definition) is 4. The fourth-order valence-corrected chi connectivity index (χ4v) is 1.65. The molecule has 0 fully saturated rings. The van der Waals surface area contributed by atoms with Crippen molar-refractivity contribution in [3.63, 3.8) is 0 Å². The molecule has 0 atom stereocenters. The van der Waals surface area contributed by atoms with E-state index in [0.717, 1.165) is 0 Å². The summed E-state index contributed by atoms with van der Waals surface area (Å²) in [6.07, 6.45) is 2.39. The first kappa shape index (κ1) is 25.4. The molecule has 4 N–H and O–H groups in total. The second kappa shape index (κ2) is 29.6. The molecule has 0 aliphatic rings. The summed E-state index contributed by atoms with van der Waals surface area (Å²) in [4.78, 5) is 37.8. The number of carbonyl (C=O) groups is 4. The molecule has 12 heteroatoms. The van der Waals surface area contributed by atoms with Gasteiger partial charge in [0.05, 0.1) is 0 Å². The molecule has 0 aromatic carbocycles. The summed E-state index contributed by atoms with van der Waals surface area (Å²) in [5.74, 6) is 0. The van der Waals surface area contributed by atoms with Crippen LogP contribution in [0.3, 0.4) is 0 Å². The molecule has 8 nitrogen and oxygen atoms in total. The second-order valence-corrected chi connectivity index (χ2v) is 7.24. The Bertz CT molecular complexity index is 144. The summed E-state index contributed by atoms with van der Waals surface area (Å²) >= 11 is -2.47. The van der Waals surface area contributed by atoms with Crippen LogP contribution in [0.1, 0.15) is 0 Å². The van der Waals surface area contributed by atoms with Gasteiger partial charge in [-0.25, -0.2) is 0 Å². The van der Waals surface area contributed by atoms with Crippen molar-refractivity contribution < 1.29 is 100 Å². The summed E-state index contributed by atoms with van der Waals surface area (Å²) in [7, 11) is 0. The van der Waals surface area contributed by atoms with Crippen molar-refractivity contribution in [2.24, 2.45) is 0 Å². The Morgan fingerprint density at radius 3 is 0.875 bits per heavy atom. The third-order valence-corrected chi connectivity index (χ3v) is 4.29. The number of carbonyl (C=O) groups excluding carboxylic acids is 4. The fourth-order valence-electron chi connectivity index (χ4n) is 0.201. The van der Waals surface area contributed by atoms with Crippen LogP contribution in [0.5, 0.6) is 0 Å². The summed E-state index contributed by atoms with van der Waals surface area (Å²) in [5.41, 5.74) is 0. The molecule has 0 aromatic rings. The van der Waals surface area contributed by atoms with E-state index >= 15 is 0 Å². The number of halogens is 2. The molecule has 0 heterocycles.